The molecule has 176 valence electrons. The minimum atomic E-state index is -3.57. The lowest BCUT2D eigenvalue weighted by atomic mass is 9.96. The van der Waals surface area contributed by atoms with Crippen molar-refractivity contribution in [2.45, 2.75) is 56.0 Å². The van der Waals surface area contributed by atoms with Gasteiger partial charge in [-0.1, -0.05) is 31.4 Å². The van der Waals surface area contributed by atoms with Gasteiger partial charge >= 0.3 is 5.69 Å². The van der Waals surface area contributed by atoms with E-state index in [-0.39, 0.29) is 35.5 Å². The summed E-state index contributed by atoms with van der Waals surface area (Å²) in [4.78, 5) is 25.2. The number of rotatable bonds is 7. The van der Waals surface area contributed by atoms with E-state index in [0.717, 1.165) is 43.1 Å². The van der Waals surface area contributed by atoms with E-state index in [9.17, 15) is 18.0 Å². The lowest BCUT2D eigenvalue weighted by molar-refractivity contribution is -0.116. The Balaban J connectivity index is 1.40. The minimum Gasteiger partial charge on any atom is -0.326 e. The molecule has 1 amide bonds. The van der Waals surface area contributed by atoms with Crippen molar-refractivity contribution < 1.29 is 13.2 Å². The van der Waals surface area contributed by atoms with E-state index >= 15 is 0 Å². The molecule has 1 N–H and O–H groups in total. The maximum absolute atomic E-state index is 13.0. The van der Waals surface area contributed by atoms with Crippen molar-refractivity contribution in [1.29, 1.82) is 0 Å². The molecule has 3 aromatic rings. The summed E-state index contributed by atoms with van der Waals surface area (Å²) in [6.45, 7) is 0.255. The van der Waals surface area contributed by atoms with Gasteiger partial charge in [0.2, 0.25) is 15.9 Å². The Kier molecular flexibility index (Phi) is 6.71. The van der Waals surface area contributed by atoms with Crippen LogP contribution in [0.4, 0.5) is 5.69 Å². The number of para-hydroxylation sites is 2. The van der Waals surface area contributed by atoms with Gasteiger partial charge in [0, 0.05) is 38.8 Å². The zero-order valence-corrected chi connectivity index (χ0v) is 19.8. The molecule has 0 unspecified atom stereocenters. The highest BCUT2D eigenvalue weighted by Gasteiger charge is 2.28. The summed E-state index contributed by atoms with van der Waals surface area (Å²) in [6, 6.07) is 13.8. The zero-order valence-electron chi connectivity index (χ0n) is 19.0. The quantitative estimate of drug-likeness (QED) is 0.573. The Hall–Kier alpha value is -2.91. The number of benzene rings is 2. The van der Waals surface area contributed by atoms with Crippen molar-refractivity contribution in [3.8, 4) is 0 Å². The van der Waals surface area contributed by atoms with E-state index < -0.39 is 10.0 Å². The van der Waals surface area contributed by atoms with Crippen molar-refractivity contribution in [1.82, 2.24) is 13.4 Å². The summed E-state index contributed by atoms with van der Waals surface area (Å²) in [5.74, 6) is -0.246. The highest BCUT2D eigenvalue weighted by atomic mass is 32.2. The molecule has 4 rings (SSSR count). The van der Waals surface area contributed by atoms with Crippen LogP contribution in [0.2, 0.25) is 0 Å². The van der Waals surface area contributed by atoms with Gasteiger partial charge in [-0.15, -0.1) is 0 Å². The summed E-state index contributed by atoms with van der Waals surface area (Å²) in [5, 5.41) is 2.79. The molecule has 0 radical (unpaired) electrons. The summed E-state index contributed by atoms with van der Waals surface area (Å²) in [7, 11) is -0.213. The SMILES string of the molecule is CN(C1CCCCC1)S(=O)(=O)c1ccc(NC(=O)CCn2c(=O)n(C)c3ccccc32)cc1. The second kappa shape index (κ2) is 9.52. The van der Waals surface area contributed by atoms with E-state index in [4.69, 9.17) is 0 Å². The molecule has 0 spiro atoms. The minimum absolute atomic E-state index is 0.0422. The normalized spacial score (nSPS) is 15.2. The average molecular weight is 471 g/mol. The molecular formula is C24H30N4O4S. The van der Waals surface area contributed by atoms with Gasteiger partial charge in [0.25, 0.3) is 0 Å². The number of hydrogen-bond acceptors (Lipinski definition) is 4. The lowest BCUT2D eigenvalue weighted by Gasteiger charge is -2.30. The summed E-state index contributed by atoms with van der Waals surface area (Å²) in [6.07, 6.45) is 5.18. The number of aromatic nitrogens is 2. The Morgan fingerprint density at radius 1 is 1.03 bits per heavy atom. The lowest BCUT2D eigenvalue weighted by Crippen LogP contribution is -2.38. The predicted octanol–water partition coefficient (Wildman–Crippen LogP) is 3.32. The molecule has 2 aromatic carbocycles. The molecule has 0 saturated heterocycles. The van der Waals surface area contributed by atoms with Crippen molar-refractivity contribution in [2.75, 3.05) is 12.4 Å². The Morgan fingerprint density at radius 3 is 2.33 bits per heavy atom. The number of anilines is 1. The van der Waals surface area contributed by atoms with Gasteiger partial charge in [0.05, 0.1) is 15.9 Å². The number of nitrogens with one attached hydrogen (secondary N) is 1. The first-order chi connectivity index (χ1) is 15.8. The fourth-order valence-electron chi connectivity index (χ4n) is 4.53. The van der Waals surface area contributed by atoms with Crippen LogP contribution in [0.15, 0.2) is 58.2 Å². The summed E-state index contributed by atoms with van der Waals surface area (Å²) in [5.41, 5.74) is 1.96. The van der Waals surface area contributed by atoms with Gasteiger partial charge in [-0.2, -0.15) is 4.31 Å². The van der Waals surface area contributed by atoms with Gasteiger partial charge in [0.1, 0.15) is 0 Å². The number of sulfonamides is 1. The van der Waals surface area contributed by atoms with Crippen LogP contribution < -0.4 is 11.0 Å². The number of aryl methyl sites for hydroxylation is 2. The maximum atomic E-state index is 13.0. The van der Waals surface area contributed by atoms with Crippen LogP contribution in [0.1, 0.15) is 38.5 Å². The molecule has 0 aliphatic heterocycles. The first kappa shape index (κ1) is 23.3. The molecule has 1 saturated carbocycles. The van der Waals surface area contributed by atoms with E-state index in [1.54, 1.807) is 35.4 Å². The third kappa shape index (κ3) is 4.74. The molecular weight excluding hydrogens is 440 g/mol. The third-order valence-corrected chi connectivity index (χ3v) is 8.44. The highest BCUT2D eigenvalue weighted by Crippen LogP contribution is 2.27. The molecule has 1 aliphatic rings. The topological polar surface area (TPSA) is 93.4 Å². The number of fused-ring (bicyclic) bond motifs is 1. The second-order valence-corrected chi connectivity index (χ2v) is 10.6. The fraction of sp³-hybridized carbons (Fsp3) is 0.417. The third-order valence-electron chi connectivity index (χ3n) is 6.52. The van der Waals surface area contributed by atoms with Crippen LogP contribution in [0.5, 0.6) is 0 Å². The first-order valence-electron chi connectivity index (χ1n) is 11.3. The summed E-state index contributed by atoms with van der Waals surface area (Å²) < 4.78 is 30.6. The van der Waals surface area contributed by atoms with Crippen molar-refractivity contribution in [2.24, 2.45) is 7.05 Å². The van der Waals surface area contributed by atoms with Crippen LogP contribution in [-0.2, 0) is 28.4 Å². The smallest absolute Gasteiger partial charge is 0.326 e. The largest absolute Gasteiger partial charge is 0.328 e. The van der Waals surface area contributed by atoms with Gasteiger partial charge < -0.3 is 5.32 Å². The van der Waals surface area contributed by atoms with Gasteiger partial charge in [0.15, 0.2) is 0 Å². The Bertz CT molecular complexity index is 1300. The van der Waals surface area contributed by atoms with Crippen LogP contribution in [-0.4, -0.2) is 40.9 Å². The van der Waals surface area contributed by atoms with Crippen LogP contribution in [0.25, 0.3) is 11.0 Å². The van der Waals surface area contributed by atoms with E-state index in [0.29, 0.717) is 5.69 Å². The molecule has 1 fully saturated rings. The van der Waals surface area contributed by atoms with Crippen molar-refractivity contribution in [3.63, 3.8) is 0 Å². The van der Waals surface area contributed by atoms with Gasteiger partial charge in [-0.05, 0) is 49.2 Å². The summed E-state index contributed by atoms with van der Waals surface area (Å²) >= 11 is 0. The number of carbonyl (C=O) groups excluding carboxylic acids is 1. The number of carbonyl (C=O) groups is 1. The molecule has 33 heavy (non-hydrogen) atoms. The molecule has 1 aliphatic carbocycles. The standard InChI is InChI=1S/C24H30N4O4S/c1-26-21-10-6-7-11-22(21)28(24(26)30)17-16-23(29)25-18-12-14-20(15-13-18)33(31,32)27(2)19-8-4-3-5-9-19/h6-7,10-15,19H,3-5,8-9,16-17H2,1-2H3,(H,25,29). The molecule has 1 aromatic heterocycles. The van der Waals surface area contributed by atoms with E-state index in [2.05, 4.69) is 5.32 Å². The fourth-order valence-corrected chi connectivity index (χ4v) is 5.95. The molecule has 0 atom stereocenters. The molecule has 1 heterocycles. The van der Waals surface area contributed by atoms with Gasteiger partial charge in [-0.3, -0.25) is 13.9 Å². The number of hydrogen-bond donors (Lipinski definition) is 1. The zero-order chi connectivity index (χ0) is 23.6. The highest BCUT2D eigenvalue weighted by molar-refractivity contribution is 7.89. The Morgan fingerprint density at radius 2 is 1.67 bits per heavy atom. The Labute approximate surface area is 193 Å². The van der Waals surface area contributed by atoms with Crippen LogP contribution in [0, 0.1) is 0 Å². The molecule has 9 heteroatoms. The number of imidazole rings is 1. The van der Waals surface area contributed by atoms with Crippen molar-refractivity contribution in [3.05, 3.63) is 59.0 Å². The molecule has 8 nitrogen and oxygen atoms in total. The molecule has 0 bridgehead atoms. The monoisotopic (exact) mass is 470 g/mol. The van der Waals surface area contributed by atoms with E-state index in [1.165, 1.54) is 16.4 Å². The number of nitrogens with zero attached hydrogens (tertiary/aromatic N) is 3. The average Bonchev–Trinajstić information content (AvgIpc) is 3.08. The van der Waals surface area contributed by atoms with Gasteiger partial charge in [-0.25, -0.2) is 13.2 Å². The van der Waals surface area contributed by atoms with E-state index in [1.807, 2.05) is 24.3 Å². The van der Waals surface area contributed by atoms with Crippen LogP contribution >= 0.6 is 0 Å². The van der Waals surface area contributed by atoms with Crippen LogP contribution in [0.3, 0.4) is 0 Å². The maximum Gasteiger partial charge on any atom is 0.328 e. The predicted molar refractivity (Wildman–Crippen MR) is 129 cm³/mol. The first-order valence-corrected chi connectivity index (χ1v) is 12.8. The van der Waals surface area contributed by atoms with Crippen molar-refractivity contribution >= 4 is 32.7 Å². The second-order valence-electron chi connectivity index (χ2n) is 8.62. The number of amides is 1.